The van der Waals surface area contributed by atoms with Gasteiger partial charge in [-0.25, -0.2) is 0 Å². The fourth-order valence-electron chi connectivity index (χ4n) is 0.610. The van der Waals surface area contributed by atoms with Crippen LogP contribution < -0.4 is 4.74 Å². The minimum absolute atomic E-state index is 0.231. The Hall–Kier alpha value is -1.51. The fourth-order valence-corrected chi connectivity index (χ4v) is 0.610. The third-order valence-corrected chi connectivity index (χ3v) is 1.05. The van der Waals surface area contributed by atoms with Crippen molar-refractivity contribution >= 4 is 6.79 Å². The molecule has 0 amide bonds. The molecule has 1 rings (SSSR count). The van der Waals surface area contributed by atoms with Crippen molar-refractivity contribution in [3.8, 4) is 11.5 Å². The van der Waals surface area contributed by atoms with E-state index in [0.29, 0.717) is 5.75 Å². The molecule has 0 bridgehead atoms. The van der Waals surface area contributed by atoms with Crippen molar-refractivity contribution in [3.63, 3.8) is 0 Å². The molecule has 1 N–H and O–H groups in total. The van der Waals surface area contributed by atoms with E-state index in [1.807, 2.05) is 6.79 Å². The van der Waals surface area contributed by atoms with E-state index in [0.717, 1.165) is 0 Å². The van der Waals surface area contributed by atoms with Gasteiger partial charge < -0.3 is 14.6 Å². The maximum atomic E-state index is 8.86. The van der Waals surface area contributed by atoms with Gasteiger partial charge in [0.25, 0.3) is 0 Å². The van der Waals surface area contributed by atoms with Crippen LogP contribution in [0.1, 0.15) is 0 Å². The first-order valence-corrected chi connectivity index (χ1v) is 2.95. The molecule has 0 heterocycles. The number of aromatic hydroxyl groups is 1. The first-order chi connectivity index (χ1) is 5.33. The molecule has 0 aliphatic rings. The van der Waals surface area contributed by atoms with Crippen LogP contribution in [0, 0.1) is 0 Å². The normalized spacial score (nSPS) is 7.73. The average Bonchev–Trinajstić information content (AvgIpc) is 2.08. The lowest BCUT2D eigenvalue weighted by atomic mass is 10.3. The van der Waals surface area contributed by atoms with Crippen molar-refractivity contribution in [2.24, 2.45) is 0 Å². The minimum atomic E-state index is 0.231. The highest BCUT2D eigenvalue weighted by Crippen LogP contribution is 2.16. The predicted octanol–water partition coefficient (Wildman–Crippen LogP) is 1.22. The quantitative estimate of drug-likeness (QED) is 0.661. The summed E-state index contributed by atoms with van der Waals surface area (Å²) >= 11 is 0. The van der Waals surface area contributed by atoms with Gasteiger partial charge in [-0.3, -0.25) is 0 Å². The lowest BCUT2D eigenvalue weighted by molar-refractivity contribution is -0.0979. The summed E-state index contributed by atoms with van der Waals surface area (Å²) in [5.41, 5.74) is 0. The zero-order chi connectivity index (χ0) is 8.69. The van der Waals surface area contributed by atoms with Crippen LogP contribution in [0.25, 0.3) is 0 Å². The number of methoxy groups -OCH3 is 1. The van der Waals surface area contributed by atoms with E-state index in [9.17, 15) is 0 Å². The Kier molecular flexibility index (Phi) is 4.56. The third kappa shape index (κ3) is 3.25. The molecule has 0 aromatic heterocycles. The average molecular weight is 154 g/mol. The summed E-state index contributed by atoms with van der Waals surface area (Å²) in [6.45, 7) is 2.00. The van der Waals surface area contributed by atoms with Crippen LogP contribution in [0.15, 0.2) is 24.3 Å². The lowest BCUT2D eigenvalue weighted by Gasteiger charge is -1.97. The van der Waals surface area contributed by atoms with E-state index in [1.54, 1.807) is 31.4 Å². The number of hydrogen-bond acceptors (Lipinski definition) is 3. The van der Waals surface area contributed by atoms with Gasteiger partial charge in [0.05, 0.1) is 7.11 Å². The van der Waals surface area contributed by atoms with E-state index in [2.05, 4.69) is 0 Å². The number of rotatable bonds is 1. The van der Waals surface area contributed by atoms with Gasteiger partial charge in [0.2, 0.25) is 0 Å². The van der Waals surface area contributed by atoms with Gasteiger partial charge in [-0.1, -0.05) is 6.07 Å². The summed E-state index contributed by atoms with van der Waals surface area (Å²) in [7, 11) is 1.56. The SMILES string of the molecule is C=O.COc1cccc(O)c1. The molecule has 11 heavy (non-hydrogen) atoms. The highest BCUT2D eigenvalue weighted by molar-refractivity contribution is 5.31. The summed E-state index contributed by atoms with van der Waals surface area (Å²) in [5, 5.41) is 8.86. The van der Waals surface area contributed by atoms with Gasteiger partial charge in [-0.05, 0) is 12.1 Å². The molecule has 0 fully saturated rings. The number of ether oxygens (including phenoxy) is 1. The molecular weight excluding hydrogens is 144 g/mol. The molecule has 0 aliphatic heterocycles. The summed E-state index contributed by atoms with van der Waals surface area (Å²) < 4.78 is 4.84. The van der Waals surface area contributed by atoms with Crippen LogP contribution in [-0.2, 0) is 4.79 Å². The zero-order valence-electron chi connectivity index (χ0n) is 6.28. The maximum absolute atomic E-state index is 8.86. The Morgan fingerprint density at radius 3 is 2.45 bits per heavy atom. The number of phenolic OH excluding ortho intramolecular Hbond substituents is 1. The van der Waals surface area contributed by atoms with Crippen LogP contribution >= 0.6 is 0 Å². The van der Waals surface area contributed by atoms with Gasteiger partial charge in [-0.2, -0.15) is 0 Å². The summed E-state index contributed by atoms with van der Waals surface area (Å²) in [6, 6.07) is 6.66. The van der Waals surface area contributed by atoms with Crippen molar-refractivity contribution in [1.29, 1.82) is 0 Å². The van der Waals surface area contributed by atoms with Gasteiger partial charge >= 0.3 is 0 Å². The molecule has 3 nitrogen and oxygen atoms in total. The van der Waals surface area contributed by atoms with Crippen LogP contribution in [0.4, 0.5) is 0 Å². The highest BCUT2D eigenvalue weighted by atomic mass is 16.5. The molecule has 0 atom stereocenters. The van der Waals surface area contributed by atoms with Gasteiger partial charge in [0.15, 0.2) is 0 Å². The van der Waals surface area contributed by atoms with E-state index < -0.39 is 0 Å². The molecule has 1 aromatic carbocycles. The second kappa shape index (κ2) is 5.29. The number of phenols is 1. The van der Waals surface area contributed by atoms with Crippen LogP contribution in [-0.4, -0.2) is 19.0 Å². The number of carbonyl (C=O) groups is 1. The third-order valence-electron chi connectivity index (χ3n) is 1.05. The standard InChI is InChI=1S/C7H8O2.CH2O/c1-9-7-4-2-3-6(8)5-7;1-2/h2-5,8H,1H3;1H2. The maximum Gasteiger partial charge on any atom is 0.122 e. The van der Waals surface area contributed by atoms with Crippen molar-refractivity contribution in [2.45, 2.75) is 0 Å². The van der Waals surface area contributed by atoms with Gasteiger partial charge in [0.1, 0.15) is 18.3 Å². The molecule has 0 saturated heterocycles. The number of carbonyl (C=O) groups excluding carboxylic acids is 1. The number of benzene rings is 1. The van der Waals surface area contributed by atoms with Crippen molar-refractivity contribution < 1.29 is 14.6 Å². The summed E-state index contributed by atoms with van der Waals surface area (Å²) in [4.78, 5) is 8.00. The topological polar surface area (TPSA) is 46.5 Å². The Morgan fingerprint density at radius 2 is 2.09 bits per heavy atom. The summed E-state index contributed by atoms with van der Waals surface area (Å²) in [5.74, 6) is 0.907. The minimum Gasteiger partial charge on any atom is -0.508 e. The molecule has 3 heteroatoms. The Bertz CT molecular complexity index is 210. The Labute approximate surface area is 65.2 Å². The molecule has 0 saturated carbocycles. The zero-order valence-corrected chi connectivity index (χ0v) is 6.28. The first kappa shape index (κ1) is 9.49. The second-order valence-electron chi connectivity index (χ2n) is 1.70. The van der Waals surface area contributed by atoms with Crippen molar-refractivity contribution in [3.05, 3.63) is 24.3 Å². The van der Waals surface area contributed by atoms with E-state index in [1.165, 1.54) is 0 Å². The Balaban J connectivity index is 0.000000461. The molecule has 0 aliphatic carbocycles. The number of hydrogen-bond donors (Lipinski definition) is 1. The predicted molar refractivity (Wildman–Crippen MR) is 41.8 cm³/mol. The molecule has 0 spiro atoms. The van der Waals surface area contributed by atoms with Gasteiger partial charge in [0, 0.05) is 6.07 Å². The van der Waals surface area contributed by atoms with Crippen LogP contribution in [0.2, 0.25) is 0 Å². The fraction of sp³-hybridized carbons (Fsp3) is 0.125. The van der Waals surface area contributed by atoms with Crippen molar-refractivity contribution in [2.75, 3.05) is 7.11 Å². The molecule has 60 valence electrons. The largest absolute Gasteiger partial charge is 0.508 e. The smallest absolute Gasteiger partial charge is 0.122 e. The van der Waals surface area contributed by atoms with Crippen molar-refractivity contribution in [1.82, 2.24) is 0 Å². The molecule has 0 radical (unpaired) electrons. The summed E-state index contributed by atoms with van der Waals surface area (Å²) in [6.07, 6.45) is 0. The van der Waals surface area contributed by atoms with Crippen LogP contribution in [0.5, 0.6) is 11.5 Å². The van der Waals surface area contributed by atoms with E-state index >= 15 is 0 Å². The van der Waals surface area contributed by atoms with Gasteiger partial charge in [-0.15, -0.1) is 0 Å². The molecule has 0 unspecified atom stereocenters. The first-order valence-electron chi connectivity index (χ1n) is 2.95. The van der Waals surface area contributed by atoms with E-state index in [4.69, 9.17) is 14.6 Å². The van der Waals surface area contributed by atoms with E-state index in [-0.39, 0.29) is 5.75 Å². The second-order valence-corrected chi connectivity index (χ2v) is 1.70. The molecule has 1 aromatic rings. The molecular formula is C8H10O3. The lowest BCUT2D eigenvalue weighted by Crippen LogP contribution is -1.79. The van der Waals surface area contributed by atoms with Crippen LogP contribution in [0.3, 0.4) is 0 Å². The Morgan fingerprint density at radius 1 is 1.45 bits per heavy atom. The monoisotopic (exact) mass is 154 g/mol. The highest BCUT2D eigenvalue weighted by Gasteiger charge is 1.88.